The molecule has 2 N–H and O–H groups in total. The van der Waals surface area contributed by atoms with Crippen molar-refractivity contribution in [1.82, 2.24) is 9.88 Å². The van der Waals surface area contributed by atoms with E-state index in [2.05, 4.69) is 5.32 Å². The lowest BCUT2D eigenvalue weighted by molar-refractivity contribution is -0.142. The Bertz CT molecular complexity index is 563. The van der Waals surface area contributed by atoms with Crippen molar-refractivity contribution in [2.45, 2.75) is 46.2 Å². The minimum atomic E-state index is -1.04. The van der Waals surface area contributed by atoms with E-state index in [0.29, 0.717) is 6.42 Å². The van der Waals surface area contributed by atoms with Crippen molar-refractivity contribution in [3.05, 3.63) is 34.2 Å². The number of nitrogens with zero attached hydrogens (tertiary/aromatic N) is 1. The minimum Gasteiger partial charge on any atom is -0.480 e. The van der Waals surface area contributed by atoms with E-state index in [-0.39, 0.29) is 30.3 Å². The second kappa shape index (κ2) is 7.61. The van der Waals surface area contributed by atoms with E-state index in [1.54, 1.807) is 12.3 Å². The van der Waals surface area contributed by atoms with Gasteiger partial charge in [0, 0.05) is 25.2 Å². The third-order valence-electron chi connectivity index (χ3n) is 3.07. The molecule has 0 aliphatic carbocycles. The van der Waals surface area contributed by atoms with E-state index in [9.17, 15) is 14.4 Å². The van der Waals surface area contributed by atoms with Crippen LogP contribution in [0, 0.1) is 12.8 Å². The zero-order valence-electron chi connectivity index (χ0n) is 12.6. The standard InChI is InChI=1S/C15H22N2O4/c1-10(2)8-12(15(20)21)16-13(18)5-7-17-6-4-11(3)9-14(17)19/h4,6,9-10,12H,5,7-8H2,1-3H3,(H,16,18)(H,20,21). The van der Waals surface area contributed by atoms with Gasteiger partial charge in [-0.15, -0.1) is 0 Å². The van der Waals surface area contributed by atoms with Crippen molar-refractivity contribution in [3.8, 4) is 0 Å². The molecule has 0 spiro atoms. The summed E-state index contributed by atoms with van der Waals surface area (Å²) in [5.74, 6) is -1.23. The maximum Gasteiger partial charge on any atom is 0.326 e. The second-order valence-electron chi connectivity index (χ2n) is 5.57. The Kier molecular flexibility index (Phi) is 6.14. The van der Waals surface area contributed by atoms with Gasteiger partial charge >= 0.3 is 5.97 Å². The average molecular weight is 294 g/mol. The molecule has 6 nitrogen and oxygen atoms in total. The first-order valence-corrected chi connectivity index (χ1v) is 6.99. The average Bonchev–Trinajstić information content (AvgIpc) is 2.36. The van der Waals surface area contributed by atoms with Crippen LogP contribution in [-0.2, 0) is 16.1 Å². The molecule has 0 saturated carbocycles. The molecule has 1 heterocycles. The predicted octanol–water partition coefficient (Wildman–Crippen LogP) is 1.16. The normalized spacial score (nSPS) is 12.2. The molecular formula is C15H22N2O4. The summed E-state index contributed by atoms with van der Waals surface area (Å²) < 4.78 is 1.44. The molecule has 0 aliphatic heterocycles. The largest absolute Gasteiger partial charge is 0.480 e. The third-order valence-corrected chi connectivity index (χ3v) is 3.07. The van der Waals surface area contributed by atoms with Gasteiger partial charge in [-0.1, -0.05) is 13.8 Å². The molecule has 1 aromatic rings. The van der Waals surface area contributed by atoms with Crippen LogP contribution >= 0.6 is 0 Å². The number of hydrogen-bond acceptors (Lipinski definition) is 3. The maximum atomic E-state index is 11.8. The summed E-state index contributed by atoms with van der Waals surface area (Å²) in [6, 6.07) is 2.40. The molecular weight excluding hydrogens is 272 g/mol. The van der Waals surface area contributed by atoms with E-state index in [1.807, 2.05) is 20.8 Å². The summed E-state index contributed by atoms with van der Waals surface area (Å²) >= 11 is 0. The summed E-state index contributed by atoms with van der Waals surface area (Å²) in [6.45, 7) is 5.85. The van der Waals surface area contributed by atoms with Gasteiger partial charge < -0.3 is 15.0 Å². The number of rotatable bonds is 7. The number of pyridine rings is 1. The molecule has 116 valence electrons. The van der Waals surface area contributed by atoms with Gasteiger partial charge in [0.2, 0.25) is 5.91 Å². The van der Waals surface area contributed by atoms with E-state index in [4.69, 9.17) is 5.11 Å². The number of nitrogens with one attached hydrogen (secondary N) is 1. The van der Waals surface area contributed by atoms with E-state index >= 15 is 0 Å². The highest BCUT2D eigenvalue weighted by Gasteiger charge is 2.20. The number of carbonyl (C=O) groups is 2. The Labute approximate surface area is 123 Å². The van der Waals surface area contributed by atoms with Crippen LogP contribution in [0.3, 0.4) is 0 Å². The molecule has 0 fully saturated rings. The summed E-state index contributed by atoms with van der Waals surface area (Å²) in [5, 5.41) is 11.6. The molecule has 0 aliphatic rings. The second-order valence-corrected chi connectivity index (χ2v) is 5.57. The highest BCUT2D eigenvalue weighted by Crippen LogP contribution is 2.05. The highest BCUT2D eigenvalue weighted by molar-refractivity contribution is 5.83. The van der Waals surface area contributed by atoms with Crippen molar-refractivity contribution in [2.24, 2.45) is 5.92 Å². The summed E-state index contributed by atoms with van der Waals surface area (Å²) in [4.78, 5) is 34.5. The highest BCUT2D eigenvalue weighted by atomic mass is 16.4. The molecule has 0 bridgehead atoms. The molecule has 1 unspecified atom stereocenters. The van der Waals surface area contributed by atoms with Crippen LogP contribution in [0.25, 0.3) is 0 Å². The van der Waals surface area contributed by atoms with Gasteiger partial charge in [0.15, 0.2) is 0 Å². The fourth-order valence-electron chi connectivity index (χ4n) is 1.97. The first-order chi connectivity index (χ1) is 9.79. The number of aliphatic carboxylic acids is 1. The monoisotopic (exact) mass is 294 g/mol. The van der Waals surface area contributed by atoms with Gasteiger partial charge in [0.25, 0.3) is 5.56 Å². The number of hydrogen-bond donors (Lipinski definition) is 2. The molecule has 1 rings (SSSR count). The lowest BCUT2D eigenvalue weighted by atomic mass is 10.0. The maximum absolute atomic E-state index is 11.8. The van der Waals surface area contributed by atoms with Crippen molar-refractivity contribution < 1.29 is 14.7 Å². The van der Waals surface area contributed by atoms with Crippen molar-refractivity contribution in [2.75, 3.05) is 0 Å². The van der Waals surface area contributed by atoms with E-state index < -0.39 is 12.0 Å². The Morgan fingerprint density at radius 2 is 2.05 bits per heavy atom. The Morgan fingerprint density at radius 3 is 2.57 bits per heavy atom. The van der Waals surface area contributed by atoms with Crippen LogP contribution in [0.5, 0.6) is 0 Å². The van der Waals surface area contributed by atoms with E-state index in [0.717, 1.165) is 5.56 Å². The van der Waals surface area contributed by atoms with Crippen LogP contribution in [-0.4, -0.2) is 27.6 Å². The van der Waals surface area contributed by atoms with Crippen molar-refractivity contribution >= 4 is 11.9 Å². The van der Waals surface area contributed by atoms with Crippen LogP contribution in [0.2, 0.25) is 0 Å². The predicted molar refractivity (Wildman–Crippen MR) is 79.1 cm³/mol. The van der Waals surface area contributed by atoms with Gasteiger partial charge in [-0.2, -0.15) is 0 Å². The van der Waals surface area contributed by atoms with Gasteiger partial charge in [0.05, 0.1) is 0 Å². The van der Waals surface area contributed by atoms with Gasteiger partial charge in [0.1, 0.15) is 6.04 Å². The minimum absolute atomic E-state index is 0.0742. The van der Waals surface area contributed by atoms with Gasteiger partial charge in [-0.3, -0.25) is 9.59 Å². The molecule has 0 radical (unpaired) electrons. The SMILES string of the molecule is Cc1ccn(CCC(=O)NC(CC(C)C)C(=O)O)c(=O)c1. The summed E-state index contributed by atoms with van der Waals surface area (Å²) in [5.41, 5.74) is 0.698. The Balaban J connectivity index is 2.56. The van der Waals surface area contributed by atoms with Crippen molar-refractivity contribution in [3.63, 3.8) is 0 Å². The quantitative estimate of drug-likeness (QED) is 0.790. The molecule has 0 aromatic carbocycles. The van der Waals surface area contributed by atoms with Crippen LogP contribution in [0.1, 0.15) is 32.3 Å². The van der Waals surface area contributed by atoms with Crippen LogP contribution in [0.15, 0.2) is 23.1 Å². The molecule has 21 heavy (non-hydrogen) atoms. The fourth-order valence-corrected chi connectivity index (χ4v) is 1.97. The number of aryl methyl sites for hydroxylation is 2. The van der Waals surface area contributed by atoms with E-state index in [1.165, 1.54) is 10.6 Å². The summed E-state index contributed by atoms with van der Waals surface area (Å²) in [7, 11) is 0. The zero-order chi connectivity index (χ0) is 16.0. The third kappa shape index (κ3) is 5.81. The number of aromatic nitrogens is 1. The molecule has 6 heteroatoms. The molecule has 1 aromatic heterocycles. The number of carbonyl (C=O) groups excluding carboxylic acids is 1. The smallest absolute Gasteiger partial charge is 0.326 e. The molecule has 1 amide bonds. The van der Waals surface area contributed by atoms with Gasteiger partial charge in [-0.05, 0) is 30.9 Å². The number of carboxylic acid groups (broad SMARTS) is 1. The number of amides is 1. The number of carboxylic acids is 1. The zero-order valence-corrected chi connectivity index (χ0v) is 12.6. The first-order valence-electron chi connectivity index (χ1n) is 6.99. The van der Waals surface area contributed by atoms with Crippen LogP contribution in [0.4, 0.5) is 0 Å². The van der Waals surface area contributed by atoms with Gasteiger partial charge in [-0.25, -0.2) is 4.79 Å². The summed E-state index contributed by atoms with van der Waals surface area (Å²) in [6.07, 6.45) is 2.09. The topological polar surface area (TPSA) is 88.4 Å². The van der Waals surface area contributed by atoms with Crippen molar-refractivity contribution in [1.29, 1.82) is 0 Å². The molecule has 0 saturated heterocycles. The molecule has 1 atom stereocenters. The fraction of sp³-hybridized carbons (Fsp3) is 0.533. The lowest BCUT2D eigenvalue weighted by Gasteiger charge is -2.16. The first kappa shape index (κ1) is 16.9. The van der Waals surface area contributed by atoms with Crippen LogP contribution < -0.4 is 10.9 Å². The Hall–Kier alpha value is -2.11. The Morgan fingerprint density at radius 1 is 1.38 bits per heavy atom. The lowest BCUT2D eigenvalue weighted by Crippen LogP contribution is -2.42.